The van der Waals surface area contributed by atoms with Gasteiger partial charge in [0.1, 0.15) is 0 Å². The number of nitrogens with zero attached hydrogens (tertiary/aromatic N) is 1. The topological polar surface area (TPSA) is 3.24 Å². The minimum Gasteiger partial charge on any atom is -0.294 e. The minimum absolute atomic E-state index is 0.792. The Hall–Kier alpha value is -0.340. The van der Waals surface area contributed by atoms with Gasteiger partial charge in [0, 0.05) is 18.6 Å². The number of hydrogen-bond acceptors (Lipinski definition) is 2. The standard InChI is InChI=1S/C10H15NS/c1-8-5-9(2)11(8)6-10-3-4-12-7-10/h3-4,7-9H,5-6H2,1-2H3. The number of hydrogen-bond donors (Lipinski definition) is 0. The number of rotatable bonds is 2. The maximum Gasteiger partial charge on any atom is 0.0247 e. The fourth-order valence-corrected chi connectivity index (χ4v) is 2.63. The van der Waals surface area contributed by atoms with E-state index in [0.29, 0.717) is 0 Å². The van der Waals surface area contributed by atoms with E-state index in [-0.39, 0.29) is 0 Å². The molecule has 2 unspecified atom stereocenters. The van der Waals surface area contributed by atoms with Crippen LogP contribution in [0.1, 0.15) is 25.8 Å². The molecule has 1 fully saturated rings. The third kappa shape index (κ3) is 1.41. The Bertz CT molecular complexity index is 234. The molecule has 2 heterocycles. The first-order valence-corrected chi connectivity index (χ1v) is 5.48. The van der Waals surface area contributed by atoms with E-state index in [0.717, 1.165) is 18.6 Å². The molecule has 0 aliphatic carbocycles. The van der Waals surface area contributed by atoms with Gasteiger partial charge in [-0.05, 0) is 42.7 Å². The third-order valence-corrected chi connectivity index (χ3v) is 3.49. The summed E-state index contributed by atoms with van der Waals surface area (Å²) in [6, 6.07) is 3.81. The molecule has 0 spiro atoms. The lowest BCUT2D eigenvalue weighted by atomic mass is 9.95. The summed E-state index contributed by atoms with van der Waals surface area (Å²) in [6.45, 7) is 5.77. The Morgan fingerprint density at radius 3 is 2.75 bits per heavy atom. The smallest absolute Gasteiger partial charge is 0.0247 e. The van der Waals surface area contributed by atoms with Gasteiger partial charge in [-0.2, -0.15) is 11.3 Å². The van der Waals surface area contributed by atoms with E-state index >= 15 is 0 Å². The van der Waals surface area contributed by atoms with Gasteiger partial charge in [-0.15, -0.1) is 0 Å². The van der Waals surface area contributed by atoms with E-state index < -0.39 is 0 Å². The molecule has 1 aliphatic heterocycles. The molecule has 2 atom stereocenters. The largest absolute Gasteiger partial charge is 0.294 e. The monoisotopic (exact) mass is 181 g/mol. The van der Waals surface area contributed by atoms with Crippen molar-refractivity contribution < 1.29 is 0 Å². The van der Waals surface area contributed by atoms with Crippen molar-refractivity contribution in [1.29, 1.82) is 0 Å². The van der Waals surface area contributed by atoms with Crippen molar-refractivity contribution in [3.05, 3.63) is 22.4 Å². The summed E-state index contributed by atoms with van der Waals surface area (Å²) in [5, 5.41) is 4.40. The molecule has 2 rings (SSSR count). The molecule has 1 aromatic heterocycles. The van der Waals surface area contributed by atoms with Crippen LogP contribution in [0, 0.1) is 0 Å². The van der Waals surface area contributed by atoms with Crippen molar-refractivity contribution in [2.75, 3.05) is 0 Å². The zero-order chi connectivity index (χ0) is 8.55. The van der Waals surface area contributed by atoms with Crippen LogP contribution in [0.5, 0.6) is 0 Å². The predicted octanol–water partition coefficient (Wildman–Crippen LogP) is 2.73. The second-order valence-corrected chi connectivity index (χ2v) is 4.52. The highest BCUT2D eigenvalue weighted by Crippen LogP contribution is 2.27. The Kier molecular flexibility index (Phi) is 2.20. The van der Waals surface area contributed by atoms with Gasteiger partial charge in [0.15, 0.2) is 0 Å². The molecule has 1 aliphatic rings. The van der Waals surface area contributed by atoms with Crippen molar-refractivity contribution in [2.24, 2.45) is 0 Å². The summed E-state index contributed by atoms with van der Waals surface area (Å²) < 4.78 is 0. The molecule has 2 heteroatoms. The zero-order valence-corrected chi connectivity index (χ0v) is 8.47. The molecular formula is C10H15NS. The molecule has 12 heavy (non-hydrogen) atoms. The van der Waals surface area contributed by atoms with Crippen LogP contribution in [0.3, 0.4) is 0 Å². The van der Waals surface area contributed by atoms with Crippen LogP contribution < -0.4 is 0 Å². The van der Waals surface area contributed by atoms with Crippen LogP contribution >= 0.6 is 11.3 Å². The van der Waals surface area contributed by atoms with E-state index in [1.807, 2.05) is 0 Å². The van der Waals surface area contributed by atoms with E-state index in [2.05, 4.69) is 35.6 Å². The SMILES string of the molecule is CC1CC(C)N1Cc1ccsc1. The van der Waals surface area contributed by atoms with Gasteiger partial charge in [-0.25, -0.2) is 0 Å². The first kappa shape index (κ1) is 8.27. The molecule has 0 saturated carbocycles. The maximum atomic E-state index is 2.56. The molecule has 1 nitrogen and oxygen atoms in total. The molecule has 0 amide bonds. The van der Waals surface area contributed by atoms with E-state index in [1.165, 1.54) is 12.0 Å². The highest BCUT2D eigenvalue weighted by Gasteiger charge is 2.30. The Morgan fingerprint density at radius 1 is 1.50 bits per heavy atom. The predicted molar refractivity (Wildman–Crippen MR) is 53.4 cm³/mol. The fraction of sp³-hybridized carbons (Fsp3) is 0.600. The van der Waals surface area contributed by atoms with Crippen LogP contribution in [0.2, 0.25) is 0 Å². The van der Waals surface area contributed by atoms with Crippen molar-refractivity contribution in [1.82, 2.24) is 4.90 Å². The molecule has 0 radical (unpaired) electrons. The lowest BCUT2D eigenvalue weighted by Gasteiger charge is -2.45. The summed E-state index contributed by atoms with van der Waals surface area (Å²) in [4.78, 5) is 2.56. The van der Waals surface area contributed by atoms with E-state index in [1.54, 1.807) is 11.3 Å². The molecule has 0 bridgehead atoms. The first-order valence-electron chi connectivity index (χ1n) is 4.54. The van der Waals surface area contributed by atoms with Crippen molar-refractivity contribution >= 4 is 11.3 Å². The van der Waals surface area contributed by atoms with Crippen LogP contribution in [-0.4, -0.2) is 17.0 Å². The molecular weight excluding hydrogens is 166 g/mol. The summed E-state index contributed by atoms with van der Waals surface area (Å²) >= 11 is 1.79. The molecule has 1 saturated heterocycles. The van der Waals surface area contributed by atoms with E-state index in [9.17, 15) is 0 Å². The fourth-order valence-electron chi connectivity index (χ4n) is 1.97. The minimum atomic E-state index is 0.792. The van der Waals surface area contributed by atoms with Crippen LogP contribution in [0.15, 0.2) is 16.8 Å². The highest BCUT2D eigenvalue weighted by molar-refractivity contribution is 7.07. The van der Waals surface area contributed by atoms with Gasteiger partial charge >= 0.3 is 0 Å². The molecule has 66 valence electrons. The second kappa shape index (κ2) is 3.19. The first-order chi connectivity index (χ1) is 5.77. The average molecular weight is 181 g/mol. The van der Waals surface area contributed by atoms with Gasteiger partial charge < -0.3 is 0 Å². The maximum absolute atomic E-state index is 2.56. The summed E-state index contributed by atoms with van der Waals surface area (Å²) in [5.74, 6) is 0. The quantitative estimate of drug-likeness (QED) is 0.678. The van der Waals surface area contributed by atoms with Crippen molar-refractivity contribution in [3.8, 4) is 0 Å². The van der Waals surface area contributed by atoms with Crippen molar-refractivity contribution in [3.63, 3.8) is 0 Å². The van der Waals surface area contributed by atoms with E-state index in [4.69, 9.17) is 0 Å². The normalized spacial score (nSPS) is 30.2. The summed E-state index contributed by atoms with van der Waals surface area (Å²) in [6.07, 6.45) is 1.37. The van der Waals surface area contributed by atoms with Gasteiger partial charge in [-0.1, -0.05) is 0 Å². The number of likely N-dealkylation sites (tertiary alicyclic amines) is 1. The molecule has 1 aromatic rings. The van der Waals surface area contributed by atoms with Gasteiger partial charge in [0.05, 0.1) is 0 Å². The lowest BCUT2D eigenvalue weighted by Crippen LogP contribution is -2.51. The Labute approximate surface area is 78.0 Å². The zero-order valence-electron chi connectivity index (χ0n) is 7.66. The van der Waals surface area contributed by atoms with Crippen molar-refractivity contribution in [2.45, 2.75) is 38.9 Å². The second-order valence-electron chi connectivity index (χ2n) is 3.74. The van der Waals surface area contributed by atoms with Gasteiger partial charge in [0.25, 0.3) is 0 Å². The average Bonchev–Trinajstić information content (AvgIpc) is 2.52. The third-order valence-electron chi connectivity index (χ3n) is 2.76. The molecule has 0 aromatic carbocycles. The van der Waals surface area contributed by atoms with Gasteiger partial charge in [-0.3, -0.25) is 4.90 Å². The Balaban J connectivity index is 1.95. The van der Waals surface area contributed by atoms with Crippen LogP contribution in [0.25, 0.3) is 0 Å². The van der Waals surface area contributed by atoms with Gasteiger partial charge in [0.2, 0.25) is 0 Å². The highest BCUT2D eigenvalue weighted by atomic mass is 32.1. The van der Waals surface area contributed by atoms with Crippen LogP contribution in [-0.2, 0) is 6.54 Å². The van der Waals surface area contributed by atoms with Crippen LogP contribution in [0.4, 0.5) is 0 Å². The summed E-state index contributed by atoms with van der Waals surface area (Å²) in [5.41, 5.74) is 1.47. The lowest BCUT2D eigenvalue weighted by molar-refractivity contribution is 0.0297. The molecule has 0 N–H and O–H groups in total. The summed E-state index contributed by atoms with van der Waals surface area (Å²) in [7, 11) is 0. The Morgan fingerprint density at radius 2 is 2.25 bits per heavy atom. The number of thiophene rings is 1.